The molecule has 1 aliphatic carbocycles. The van der Waals surface area contributed by atoms with Crippen molar-refractivity contribution in [1.82, 2.24) is 10.6 Å². The van der Waals surface area contributed by atoms with Gasteiger partial charge in [-0.05, 0) is 105 Å². The molecule has 0 amide bonds. The van der Waals surface area contributed by atoms with E-state index in [1.165, 1.54) is 27.8 Å². The Morgan fingerprint density at radius 3 is 2.29 bits per heavy atom. The van der Waals surface area contributed by atoms with Gasteiger partial charge >= 0.3 is 0 Å². The van der Waals surface area contributed by atoms with Crippen molar-refractivity contribution in [2.24, 2.45) is 0 Å². The second kappa shape index (κ2) is 14.7. The predicted octanol–water partition coefficient (Wildman–Crippen LogP) is 9.09. The highest BCUT2D eigenvalue weighted by Gasteiger charge is 2.27. The zero-order valence-corrected chi connectivity index (χ0v) is 25.2. The maximum Gasteiger partial charge on any atom is 0.125 e. The Hall–Kier alpha value is -3.11. The number of hydrogen-bond acceptors (Lipinski definition) is 3. The van der Waals surface area contributed by atoms with E-state index in [1.54, 1.807) is 0 Å². The molecule has 3 atom stereocenters. The topological polar surface area (TPSA) is 33.3 Å². The van der Waals surface area contributed by atoms with Crippen molar-refractivity contribution in [1.29, 1.82) is 0 Å². The number of rotatable bonds is 13. The Labute approximate surface area is 251 Å². The normalized spacial score (nSPS) is 17.1. The van der Waals surface area contributed by atoms with E-state index in [1.807, 2.05) is 0 Å². The van der Waals surface area contributed by atoms with Gasteiger partial charge in [-0.1, -0.05) is 96.0 Å². The number of benzene rings is 4. The van der Waals surface area contributed by atoms with Crippen LogP contribution in [0.25, 0.3) is 0 Å². The number of hydrogen-bond donors (Lipinski definition) is 2. The molecule has 4 heteroatoms. The molecular formula is C37H43ClN2O. The summed E-state index contributed by atoms with van der Waals surface area (Å²) in [6.45, 7) is 7.15. The van der Waals surface area contributed by atoms with E-state index >= 15 is 0 Å². The van der Waals surface area contributed by atoms with Crippen molar-refractivity contribution in [2.45, 2.75) is 64.0 Å². The highest BCUT2D eigenvalue weighted by Crippen LogP contribution is 2.42. The SMILES string of the molecule is Cc1ccc(OC(CCNCCCCNC2CCC(c3ccc(C)c(Cl)c3)c3ccccc32)c2ccccc2)cc1. The van der Waals surface area contributed by atoms with Crippen molar-refractivity contribution in [2.75, 3.05) is 19.6 Å². The summed E-state index contributed by atoms with van der Waals surface area (Å²) in [7, 11) is 0. The Morgan fingerprint density at radius 1 is 0.780 bits per heavy atom. The number of fused-ring (bicyclic) bond motifs is 1. The molecule has 0 bridgehead atoms. The minimum Gasteiger partial charge on any atom is -0.486 e. The fourth-order valence-electron chi connectivity index (χ4n) is 5.93. The Kier molecular flexibility index (Phi) is 10.5. The fraction of sp³-hybridized carbons (Fsp3) is 0.351. The number of halogens is 1. The molecule has 4 aromatic carbocycles. The molecule has 2 N–H and O–H groups in total. The van der Waals surface area contributed by atoms with Crippen LogP contribution >= 0.6 is 11.6 Å². The van der Waals surface area contributed by atoms with Crippen LogP contribution in [0.15, 0.2) is 97.1 Å². The van der Waals surface area contributed by atoms with E-state index in [-0.39, 0.29) is 6.10 Å². The maximum absolute atomic E-state index is 6.48. The van der Waals surface area contributed by atoms with Crippen LogP contribution in [0.3, 0.4) is 0 Å². The van der Waals surface area contributed by atoms with Crippen LogP contribution in [0.4, 0.5) is 0 Å². The molecule has 41 heavy (non-hydrogen) atoms. The minimum absolute atomic E-state index is 0.0409. The second-order valence-electron chi connectivity index (χ2n) is 11.4. The van der Waals surface area contributed by atoms with Crippen molar-refractivity contribution in [3.8, 4) is 5.75 Å². The van der Waals surface area contributed by atoms with Crippen molar-refractivity contribution >= 4 is 11.6 Å². The average Bonchev–Trinajstić information content (AvgIpc) is 3.00. The summed E-state index contributed by atoms with van der Waals surface area (Å²) in [5.74, 6) is 1.34. The zero-order valence-electron chi connectivity index (χ0n) is 24.4. The number of unbranched alkanes of at least 4 members (excludes halogenated alkanes) is 1. The molecule has 3 unspecified atom stereocenters. The van der Waals surface area contributed by atoms with Gasteiger partial charge in [0, 0.05) is 23.4 Å². The van der Waals surface area contributed by atoms with Gasteiger partial charge in [0.2, 0.25) is 0 Å². The van der Waals surface area contributed by atoms with Crippen LogP contribution in [-0.2, 0) is 0 Å². The Bertz CT molecular complexity index is 1370. The van der Waals surface area contributed by atoms with Gasteiger partial charge in [-0.15, -0.1) is 0 Å². The largest absolute Gasteiger partial charge is 0.486 e. The molecule has 1 aliphatic rings. The fourth-order valence-corrected chi connectivity index (χ4v) is 6.11. The lowest BCUT2D eigenvalue weighted by Crippen LogP contribution is -2.28. The highest BCUT2D eigenvalue weighted by molar-refractivity contribution is 6.31. The first-order valence-electron chi connectivity index (χ1n) is 15.2. The monoisotopic (exact) mass is 566 g/mol. The summed E-state index contributed by atoms with van der Waals surface area (Å²) >= 11 is 6.48. The maximum atomic E-state index is 6.48. The van der Waals surface area contributed by atoms with E-state index in [0.717, 1.165) is 68.1 Å². The van der Waals surface area contributed by atoms with Gasteiger partial charge in [0.15, 0.2) is 0 Å². The molecular weight excluding hydrogens is 524 g/mol. The van der Waals surface area contributed by atoms with E-state index in [2.05, 4.69) is 122 Å². The minimum atomic E-state index is 0.0409. The van der Waals surface area contributed by atoms with Crippen LogP contribution in [-0.4, -0.2) is 19.6 Å². The Morgan fingerprint density at radius 2 is 1.51 bits per heavy atom. The first kappa shape index (κ1) is 29.4. The summed E-state index contributed by atoms with van der Waals surface area (Å²) in [6, 6.07) is 34.8. The van der Waals surface area contributed by atoms with Gasteiger partial charge in [0.05, 0.1) is 0 Å². The summed E-state index contributed by atoms with van der Waals surface area (Å²) in [5, 5.41) is 8.37. The highest BCUT2D eigenvalue weighted by atomic mass is 35.5. The smallest absolute Gasteiger partial charge is 0.125 e. The molecule has 0 spiro atoms. The van der Waals surface area contributed by atoms with Crippen molar-refractivity contribution < 1.29 is 4.74 Å². The molecule has 5 rings (SSSR count). The summed E-state index contributed by atoms with van der Waals surface area (Å²) in [4.78, 5) is 0. The summed E-state index contributed by atoms with van der Waals surface area (Å²) in [6.07, 6.45) is 5.57. The van der Waals surface area contributed by atoms with Crippen LogP contribution in [0, 0.1) is 13.8 Å². The lowest BCUT2D eigenvalue weighted by atomic mass is 9.76. The molecule has 3 nitrogen and oxygen atoms in total. The zero-order chi connectivity index (χ0) is 28.4. The molecule has 0 fully saturated rings. The number of nitrogens with one attached hydrogen (secondary N) is 2. The molecule has 4 aromatic rings. The molecule has 0 aliphatic heterocycles. The third kappa shape index (κ3) is 8.01. The van der Waals surface area contributed by atoms with Gasteiger partial charge in [-0.2, -0.15) is 0 Å². The van der Waals surface area contributed by atoms with Crippen LogP contribution < -0.4 is 15.4 Å². The predicted molar refractivity (Wildman–Crippen MR) is 172 cm³/mol. The number of ether oxygens (including phenoxy) is 1. The van der Waals surface area contributed by atoms with Crippen LogP contribution in [0.5, 0.6) is 5.75 Å². The quantitative estimate of drug-likeness (QED) is 0.158. The van der Waals surface area contributed by atoms with E-state index < -0.39 is 0 Å². The van der Waals surface area contributed by atoms with Crippen LogP contribution in [0.2, 0.25) is 5.02 Å². The van der Waals surface area contributed by atoms with E-state index in [4.69, 9.17) is 16.3 Å². The third-order valence-corrected chi connectivity index (χ3v) is 8.72. The van der Waals surface area contributed by atoms with Gasteiger partial charge < -0.3 is 15.4 Å². The van der Waals surface area contributed by atoms with Gasteiger partial charge in [0.25, 0.3) is 0 Å². The lowest BCUT2D eigenvalue weighted by molar-refractivity contribution is 0.194. The number of aryl methyl sites for hydroxylation is 2. The molecule has 0 radical (unpaired) electrons. The average molecular weight is 567 g/mol. The standard InChI is InChI=1S/C37H43ClN2O/c1-27-14-18-31(19-15-27)41-37(29-10-4-3-5-11-29)22-25-39-23-8-9-24-40-36-21-20-32(33-12-6-7-13-34(33)36)30-17-16-28(2)35(38)26-30/h3-7,10-19,26,32,36-37,39-40H,8-9,20-25H2,1-2H3. The van der Waals surface area contributed by atoms with Gasteiger partial charge in [-0.3, -0.25) is 0 Å². The van der Waals surface area contributed by atoms with Crippen LogP contribution in [0.1, 0.15) is 83.5 Å². The molecule has 0 saturated heterocycles. The Balaban J connectivity index is 1.05. The second-order valence-corrected chi connectivity index (χ2v) is 11.8. The van der Waals surface area contributed by atoms with E-state index in [9.17, 15) is 0 Å². The summed E-state index contributed by atoms with van der Waals surface area (Å²) in [5.41, 5.74) is 7.82. The summed E-state index contributed by atoms with van der Waals surface area (Å²) < 4.78 is 6.39. The first-order chi connectivity index (χ1) is 20.1. The van der Waals surface area contributed by atoms with E-state index in [0.29, 0.717) is 12.0 Å². The molecule has 0 heterocycles. The first-order valence-corrected chi connectivity index (χ1v) is 15.5. The molecule has 214 valence electrons. The lowest BCUT2D eigenvalue weighted by Gasteiger charge is -2.33. The van der Waals surface area contributed by atoms with Crippen molar-refractivity contribution in [3.63, 3.8) is 0 Å². The van der Waals surface area contributed by atoms with Gasteiger partial charge in [-0.25, -0.2) is 0 Å². The molecule has 0 aromatic heterocycles. The third-order valence-electron chi connectivity index (χ3n) is 8.31. The van der Waals surface area contributed by atoms with Crippen molar-refractivity contribution in [3.05, 3.63) is 135 Å². The van der Waals surface area contributed by atoms with Gasteiger partial charge in [0.1, 0.15) is 11.9 Å². The molecule has 0 saturated carbocycles.